The minimum absolute atomic E-state index is 0.262. The Morgan fingerprint density at radius 1 is 1.08 bits per heavy atom. The van der Waals surface area contributed by atoms with E-state index in [-0.39, 0.29) is 5.56 Å². The number of aromatic amines is 2. The third kappa shape index (κ3) is 3.03. The Hall–Kier alpha value is -3.40. The molecule has 10 heteroatoms. The number of nitrogens with one attached hydrogen (secondary N) is 5. The quantitative estimate of drug-likeness (QED) is 0.401. The predicted molar refractivity (Wildman–Crippen MR) is 81.7 cm³/mol. The average molecular weight is 331 g/mol. The number of anilines is 1. The molecular formula is C14H13N5O5. The molecule has 2 unspecified atom stereocenters. The molecule has 0 saturated carbocycles. The van der Waals surface area contributed by atoms with Gasteiger partial charge in [0.25, 0.3) is 5.56 Å². The number of H-pyrrole nitrogens is 2. The minimum Gasteiger partial charge on any atom is -0.372 e. The first-order chi connectivity index (χ1) is 11.4. The van der Waals surface area contributed by atoms with Gasteiger partial charge in [-0.05, 0) is 17.7 Å². The lowest BCUT2D eigenvalue weighted by atomic mass is 10.0. The number of urea groups is 1. The molecule has 1 aliphatic heterocycles. The third-order valence-electron chi connectivity index (χ3n) is 3.46. The molecule has 10 nitrogen and oxygen atoms in total. The number of aliphatic hydroxyl groups is 1. The van der Waals surface area contributed by atoms with E-state index in [0.717, 1.165) is 0 Å². The van der Waals surface area contributed by atoms with Crippen molar-refractivity contribution in [2.45, 2.75) is 6.23 Å². The third-order valence-corrected chi connectivity index (χ3v) is 3.46. The van der Waals surface area contributed by atoms with Crippen molar-refractivity contribution in [2.75, 3.05) is 5.32 Å². The molecule has 3 rings (SSSR count). The van der Waals surface area contributed by atoms with Gasteiger partial charge in [-0.25, -0.2) is 4.79 Å². The number of hydrogen-bond acceptors (Lipinski definition) is 5. The summed E-state index contributed by atoms with van der Waals surface area (Å²) in [6, 6.07) is 7.00. The second-order valence-electron chi connectivity index (χ2n) is 5.12. The highest BCUT2D eigenvalue weighted by Gasteiger charge is 2.39. The molecule has 24 heavy (non-hydrogen) atoms. The van der Waals surface area contributed by atoms with Gasteiger partial charge in [-0.1, -0.05) is 12.1 Å². The molecule has 124 valence electrons. The highest BCUT2D eigenvalue weighted by Crippen LogP contribution is 2.19. The summed E-state index contributed by atoms with van der Waals surface area (Å²) in [5.41, 5.74) is 1.43. The number of aliphatic hydroxyl groups excluding tert-OH is 1. The van der Waals surface area contributed by atoms with Gasteiger partial charge < -0.3 is 15.7 Å². The Kier molecular flexibility index (Phi) is 3.88. The number of hydrogen-bond donors (Lipinski definition) is 6. The Balaban J connectivity index is 1.71. The van der Waals surface area contributed by atoms with Gasteiger partial charge in [0.1, 0.15) is 6.23 Å². The summed E-state index contributed by atoms with van der Waals surface area (Å²) in [7, 11) is 0. The zero-order valence-corrected chi connectivity index (χ0v) is 12.1. The Labute approximate surface area is 134 Å². The van der Waals surface area contributed by atoms with Crippen LogP contribution in [0.4, 0.5) is 10.5 Å². The summed E-state index contributed by atoms with van der Waals surface area (Å²) in [6.45, 7) is 0. The van der Waals surface area contributed by atoms with Gasteiger partial charge in [0.15, 0.2) is 5.92 Å². The number of benzene rings is 1. The van der Waals surface area contributed by atoms with Gasteiger partial charge in [-0.3, -0.25) is 29.9 Å². The molecule has 2 aromatic rings. The van der Waals surface area contributed by atoms with Crippen molar-refractivity contribution in [1.29, 1.82) is 0 Å². The summed E-state index contributed by atoms with van der Waals surface area (Å²) in [5.74, 6) is -3.10. The van der Waals surface area contributed by atoms with Crippen LogP contribution in [0, 0.1) is 5.92 Å². The predicted octanol–water partition coefficient (Wildman–Crippen LogP) is -0.918. The summed E-state index contributed by atoms with van der Waals surface area (Å²) < 4.78 is 0. The fourth-order valence-corrected chi connectivity index (χ4v) is 2.29. The molecule has 6 N–H and O–H groups in total. The Morgan fingerprint density at radius 2 is 1.79 bits per heavy atom. The maximum atomic E-state index is 12.1. The van der Waals surface area contributed by atoms with Crippen LogP contribution in [0.15, 0.2) is 35.1 Å². The molecular weight excluding hydrogens is 318 g/mol. The fourth-order valence-electron chi connectivity index (χ4n) is 2.29. The maximum Gasteiger partial charge on any atom is 0.323 e. The van der Waals surface area contributed by atoms with Gasteiger partial charge in [-0.15, -0.1) is 0 Å². The van der Waals surface area contributed by atoms with E-state index in [9.17, 15) is 24.3 Å². The standard InChI is InChI=1S/C14H13N5O5/c20-9-5-8(18-19-9)6-1-3-7(4-2-6)15-11(21)10-12(22)16-14(24)17-13(10)23/h1-5,10,12,22H,(H,15,21)(H2,18,19,20)(H2,16,17,23,24). The summed E-state index contributed by atoms with van der Waals surface area (Å²) >= 11 is 0. The van der Waals surface area contributed by atoms with Gasteiger partial charge >= 0.3 is 6.03 Å². The molecule has 0 aliphatic carbocycles. The van der Waals surface area contributed by atoms with Crippen LogP contribution in [0.25, 0.3) is 11.3 Å². The van der Waals surface area contributed by atoms with Crippen molar-refractivity contribution < 1.29 is 19.5 Å². The van der Waals surface area contributed by atoms with E-state index < -0.39 is 30.0 Å². The molecule has 0 radical (unpaired) electrons. The van der Waals surface area contributed by atoms with E-state index in [4.69, 9.17) is 0 Å². The molecule has 4 amide bonds. The number of carbonyl (C=O) groups excluding carboxylic acids is 3. The first-order valence-corrected chi connectivity index (χ1v) is 6.92. The Bertz CT molecular complexity index is 853. The van der Waals surface area contributed by atoms with E-state index in [0.29, 0.717) is 16.9 Å². The molecule has 1 aromatic carbocycles. The normalized spacial score (nSPS) is 20.2. The van der Waals surface area contributed by atoms with Crippen molar-refractivity contribution in [3.63, 3.8) is 0 Å². The SMILES string of the molecule is O=C1NC(=O)C(C(=O)Nc2ccc(-c3cc(=O)[nH][nH]3)cc2)C(O)N1. The van der Waals surface area contributed by atoms with Crippen LogP contribution in [0.5, 0.6) is 0 Å². The first-order valence-electron chi connectivity index (χ1n) is 6.92. The van der Waals surface area contributed by atoms with Crippen molar-refractivity contribution in [3.05, 3.63) is 40.7 Å². The van der Waals surface area contributed by atoms with Crippen LogP contribution in [-0.4, -0.2) is 39.4 Å². The number of aromatic nitrogens is 2. The number of rotatable bonds is 3. The van der Waals surface area contributed by atoms with E-state index in [1.165, 1.54) is 6.07 Å². The fraction of sp³-hybridized carbons (Fsp3) is 0.143. The van der Waals surface area contributed by atoms with Crippen LogP contribution in [0.1, 0.15) is 0 Å². The van der Waals surface area contributed by atoms with E-state index in [1.54, 1.807) is 24.3 Å². The molecule has 0 spiro atoms. The van der Waals surface area contributed by atoms with Crippen molar-refractivity contribution in [2.24, 2.45) is 5.92 Å². The topological polar surface area (TPSA) is 156 Å². The molecule has 2 heterocycles. The van der Waals surface area contributed by atoms with E-state index in [1.807, 2.05) is 10.6 Å². The van der Waals surface area contributed by atoms with Gasteiger partial charge in [0, 0.05) is 11.8 Å². The van der Waals surface area contributed by atoms with Gasteiger partial charge in [0.05, 0.1) is 5.69 Å². The van der Waals surface area contributed by atoms with Crippen LogP contribution in [0.3, 0.4) is 0 Å². The molecule has 2 atom stereocenters. The lowest BCUT2D eigenvalue weighted by Gasteiger charge is -2.26. The zero-order valence-electron chi connectivity index (χ0n) is 12.1. The second kappa shape index (κ2) is 6.01. The largest absolute Gasteiger partial charge is 0.372 e. The smallest absolute Gasteiger partial charge is 0.323 e. The molecule has 1 saturated heterocycles. The highest BCUT2D eigenvalue weighted by molar-refractivity contribution is 6.12. The lowest BCUT2D eigenvalue weighted by Crippen LogP contribution is -2.61. The van der Waals surface area contributed by atoms with Crippen LogP contribution < -0.4 is 21.5 Å². The second-order valence-corrected chi connectivity index (χ2v) is 5.12. The molecule has 1 aliphatic rings. The number of carbonyl (C=O) groups is 3. The van der Waals surface area contributed by atoms with Crippen molar-refractivity contribution >= 4 is 23.5 Å². The summed E-state index contributed by atoms with van der Waals surface area (Å²) in [5, 5.41) is 21.2. The van der Waals surface area contributed by atoms with Crippen LogP contribution >= 0.6 is 0 Å². The average Bonchev–Trinajstić information content (AvgIpc) is 2.93. The van der Waals surface area contributed by atoms with Crippen LogP contribution in [0.2, 0.25) is 0 Å². The first kappa shape index (κ1) is 15.5. The molecule has 0 bridgehead atoms. The number of imide groups is 1. The monoisotopic (exact) mass is 331 g/mol. The van der Waals surface area contributed by atoms with E-state index in [2.05, 4.69) is 15.5 Å². The maximum absolute atomic E-state index is 12.1. The summed E-state index contributed by atoms with van der Waals surface area (Å²) in [4.78, 5) is 45.9. The van der Waals surface area contributed by atoms with Crippen molar-refractivity contribution in [1.82, 2.24) is 20.8 Å². The lowest BCUT2D eigenvalue weighted by molar-refractivity contribution is -0.138. The van der Waals surface area contributed by atoms with E-state index >= 15 is 0 Å². The summed E-state index contributed by atoms with van der Waals surface area (Å²) in [6.07, 6.45) is -1.60. The van der Waals surface area contributed by atoms with Crippen molar-refractivity contribution in [3.8, 4) is 11.3 Å². The van der Waals surface area contributed by atoms with Gasteiger partial charge in [0.2, 0.25) is 11.8 Å². The molecule has 1 aromatic heterocycles. The highest BCUT2D eigenvalue weighted by atomic mass is 16.3. The number of amides is 4. The zero-order chi connectivity index (χ0) is 17.3. The Morgan fingerprint density at radius 3 is 2.38 bits per heavy atom. The van der Waals surface area contributed by atoms with Crippen LogP contribution in [-0.2, 0) is 9.59 Å². The molecule has 1 fully saturated rings. The van der Waals surface area contributed by atoms with Gasteiger partial charge in [-0.2, -0.15) is 0 Å². The minimum atomic E-state index is -1.60.